The van der Waals surface area contributed by atoms with Gasteiger partial charge in [-0.2, -0.15) is 5.10 Å². The van der Waals surface area contributed by atoms with Crippen LogP contribution in [-0.4, -0.2) is 20.9 Å². The van der Waals surface area contributed by atoms with Crippen LogP contribution in [-0.2, 0) is 17.8 Å². The van der Waals surface area contributed by atoms with Crippen LogP contribution < -0.4 is 0 Å². The van der Waals surface area contributed by atoms with Crippen molar-refractivity contribution in [2.45, 2.75) is 58.9 Å². The molecule has 2 rings (SSSR count). The highest BCUT2D eigenvalue weighted by Gasteiger charge is 2.41. The lowest BCUT2D eigenvalue weighted by Crippen LogP contribution is -2.36. The van der Waals surface area contributed by atoms with Gasteiger partial charge in [0.1, 0.15) is 0 Å². The summed E-state index contributed by atoms with van der Waals surface area (Å²) in [7, 11) is 0. The molecule has 1 saturated carbocycles. The van der Waals surface area contributed by atoms with Crippen LogP contribution in [0.15, 0.2) is 4.47 Å². The topological polar surface area (TPSA) is 55.1 Å². The van der Waals surface area contributed by atoms with E-state index in [4.69, 9.17) is 0 Å². The molecule has 1 aliphatic carbocycles. The number of carboxylic acids is 1. The highest BCUT2D eigenvalue weighted by Crippen LogP contribution is 2.41. The molecule has 1 N–H and O–H groups in total. The van der Waals surface area contributed by atoms with Crippen molar-refractivity contribution in [1.82, 2.24) is 9.78 Å². The van der Waals surface area contributed by atoms with Gasteiger partial charge in [0.25, 0.3) is 0 Å². The Morgan fingerprint density at radius 2 is 2.05 bits per heavy atom. The maximum absolute atomic E-state index is 11.8. The molecule has 0 spiro atoms. The maximum Gasteiger partial charge on any atom is 0.310 e. The first kappa shape index (κ1) is 14.6. The number of nitrogens with zero attached hydrogens (tertiary/aromatic N) is 2. The smallest absolute Gasteiger partial charge is 0.310 e. The van der Waals surface area contributed by atoms with Crippen molar-refractivity contribution in [3.8, 4) is 0 Å². The summed E-state index contributed by atoms with van der Waals surface area (Å²) in [6.45, 7) is 4.77. The molecule has 0 saturated heterocycles. The van der Waals surface area contributed by atoms with Crippen LogP contribution in [0, 0.1) is 12.3 Å². The Kier molecular flexibility index (Phi) is 4.33. The van der Waals surface area contributed by atoms with Gasteiger partial charge in [0.05, 0.1) is 21.3 Å². The number of halogens is 1. The molecular formula is C14H21BrN2O2. The molecule has 4 nitrogen and oxygen atoms in total. The normalized spacial score (nSPS) is 18.5. The second kappa shape index (κ2) is 5.65. The molecular weight excluding hydrogens is 308 g/mol. The minimum absolute atomic E-state index is 0.581. The standard InChI is InChI=1S/C14H21BrN2O2/c1-3-17-11(12(15)10(2)16-17)9-14(13(18)19)7-5-4-6-8-14/h3-9H2,1-2H3,(H,18,19). The Labute approximate surface area is 122 Å². The molecule has 1 heterocycles. The van der Waals surface area contributed by atoms with E-state index in [1.54, 1.807) is 0 Å². The lowest BCUT2D eigenvalue weighted by Gasteiger charge is -2.33. The van der Waals surface area contributed by atoms with Crippen molar-refractivity contribution in [2.24, 2.45) is 5.41 Å². The van der Waals surface area contributed by atoms with E-state index in [2.05, 4.69) is 21.0 Å². The average molecular weight is 329 g/mol. The summed E-state index contributed by atoms with van der Waals surface area (Å²) in [6, 6.07) is 0. The van der Waals surface area contributed by atoms with Crippen molar-refractivity contribution in [3.05, 3.63) is 15.9 Å². The van der Waals surface area contributed by atoms with E-state index in [9.17, 15) is 9.90 Å². The summed E-state index contributed by atoms with van der Waals surface area (Å²) in [5, 5.41) is 14.1. The van der Waals surface area contributed by atoms with E-state index < -0.39 is 11.4 Å². The first-order chi connectivity index (χ1) is 9.00. The third kappa shape index (κ3) is 2.71. The van der Waals surface area contributed by atoms with E-state index in [1.165, 1.54) is 0 Å². The van der Waals surface area contributed by atoms with Gasteiger partial charge < -0.3 is 5.11 Å². The van der Waals surface area contributed by atoms with Gasteiger partial charge >= 0.3 is 5.97 Å². The predicted octanol–water partition coefficient (Wildman–Crippen LogP) is 3.55. The van der Waals surface area contributed by atoms with Gasteiger partial charge in [0.2, 0.25) is 0 Å². The summed E-state index contributed by atoms with van der Waals surface area (Å²) in [6.07, 6.45) is 5.33. The van der Waals surface area contributed by atoms with Gasteiger partial charge in [0, 0.05) is 13.0 Å². The van der Waals surface area contributed by atoms with Crippen molar-refractivity contribution >= 4 is 21.9 Å². The minimum atomic E-state index is -0.652. The van der Waals surface area contributed by atoms with Gasteiger partial charge in [-0.15, -0.1) is 0 Å². The third-order valence-corrected chi connectivity index (χ3v) is 5.25. The summed E-state index contributed by atoms with van der Waals surface area (Å²) < 4.78 is 2.90. The number of hydrogen-bond donors (Lipinski definition) is 1. The Morgan fingerprint density at radius 3 is 2.58 bits per heavy atom. The monoisotopic (exact) mass is 328 g/mol. The highest BCUT2D eigenvalue weighted by atomic mass is 79.9. The summed E-state index contributed by atoms with van der Waals surface area (Å²) >= 11 is 3.57. The summed E-state index contributed by atoms with van der Waals surface area (Å²) in [5.41, 5.74) is 1.37. The molecule has 1 fully saturated rings. The number of aromatic nitrogens is 2. The van der Waals surface area contributed by atoms with Gasteiger partial charge in [-0.05, 0) is 42.6 Å². The molecule has 1 aliphatic rings. The lowest BCUT2D eigenvalue weighted by atomic mass is 9.71. The van der Waals surface area contributed by atoms with Crippen molar-refractivity contribution in [3.63, 3.8) is 0 Å². The van der Waals surface area contributed by atoms with Crippen LogP contribution in [0.2, 0.25) is 0 Å². The number of rotatable bonds is 4. The van der Waals surface area contributed by atoms with Crippen LogP contribution in [0.25, 0.3) is 0 Å². The molecule has 0 bridgehead atoms. The number of aliphatic carboxylic acids is 1. The van der Waals surface area contributed by atoms with Crippen LogP contribution in [0.4, 0.5) is 0 Å². The molecule has 0 radical (unpaired) electrons. The maximum atomic E-state index is 11.8. The van der Waals surface area contributed by atoms with Crippen molar-refractivity contribution < 1.29 is 9.90 Å². The average Bonchev–Trinajstić information content (AvgIpc) is 2.67. The summed E-state index contributed by atoms with van der Waals surface area (Å²) in [4.78, 5) is 11.8. The molecule has 0 aliphatic heterocycles. The highest BCUT2D eigenvalue weighted by molar-refractivity contribution is 9.10. The van der Waals surface area contributed by atoms with E-state index in [1.807, 2.05) is 18.5 Å². The Morgan fingerprint density at radius 1 is 1.42 bits per heavy atom. The Balaban J connectivity index is 2.34. The van der Waals surface area contributed by atoms with Crippen LogP contribution in [0.3, 0.4) is 0 Å². The molecule has 106 valence electrons. The molecule has 0 atom stereocenters. The first-order valence-electron chi connectivity index (χ1n) is 6.95. The van der Waals surface area contributed by atoms with Crippen LogP contribution in [0.5, 0.6) is 0 Å². The fraction of sp³-hybridized carbons (Fsp3) is 0.714. The molecule has 0 unspecified atom stereocenters. The number of aryl methyl sites for hydroxylation is 2. The second-order valence-electron chi connectivity index (χ2n) is 5.48. The van der Waals surface area contributed by atoms with E-state index in [-0.39, 0.29) is 0 Å². The quantitative estimate of drug-likeness (QED) is 0.919. The molecule has 19 heavy (non-hydrogen) atoms. The van der Waals surface area contributed by atoms with Crippen LogP contribution >= 0.6 is 15.9 Å². The fourth-order valence-corrected chi connectivity index (χ4v) is 3.48. The fourth-order valence-electron chi connectivity index (χ4n) is 3.05. The molecule has 5 heteroatoms. The SMILES string of the molecule is CCn1nc(C)c(Br)c1CC1(C(=O)O)CCCCC1. The zero-order valence-corrected chi connectivity index (χ0v) is 13.2. The van der Waals surface area contributed by atoms with E-state index in [0.717, 1.165) is 54.5 Å². The molecule has 1 aromatic heterocycles. The van der Waals surface area contributed by atoms with Crippen molar-refractivity contribution in [2.75, 3.05) is 0 Å². The first-order valence-corrected chi connectivity index (χ1v) is 7.74. The second-order valence-corrected chi connectivity index (χ2v) is 6.28. The van der Waals surface area contributed by atoms with Gasteiger partial charge in [-0.1, -0.05) is 19.3 Å². The zero-order chi connectivity index (χ0) is 14.0. The third-order valence-electron chi connectivity index (χ3n) is 4.22. The number of hydrogen-bond acceptors (Lipinski definition) is 2. The Bertz CT molecular complexity index is 476. The largest absolute Gasteiger partial charge is 0.481 e. The summed E-state index contributed by atoms with van der Waals surface area (Å²) in [5.74, 6) is -0.652. The van der Waals surface area contributed by atoms with E-state index in [0.29, 0.717) is 6.42 Å². The number of carbonyl (C=O) groups is 1. The molecule has 1 aromatic rings. The minimum Gasteiger partial charge on any atom is -0.481 e. The molecule has 0 aromatic carbocycles. The zero-order valence-electron chi connectivity index (χ0n) is 11.6. The predicted molar refractivity (Wildman–Crippen MR) is 77.2 cm³/mol. The van der Waals surface area contributed by atoms with Crippen molar-refractivity contribution in [1.29, 1.82) is 0 Å². The van der Waals surface area contributed by atoms with Gasteiger partial charge in [-0.3, -0.25) is 9.48 Å². The lowest BCUT2D eigenvalue weighted by molar-refractivity contribution is -0.151. The Hall–Kier alpha value is -0.840. The number of carboxylic acid groups (broad SMARTS) is 1. The van der Waals surface area contributed by atoms with Gasteiger partial charge in [0.15, 0.2) is 0 Å². The van der Waals surface area contributed by atoms with Crippen LogP contribution in [0.1, 0.15) is 50.4 Å². The van der Waals surface area contributed by atoms with Gasteiger partial charge in [-0.25, -0.2) is 0 Å². The van der Waals surface area contributed by atoms with E-state index >= 15 is 0 Å². The molecule has 0 amide bonds.